The minimum absolute atomic E-state index is 0.536. The molecule has 0 radical (unpaired) electrons. The van der Waals surface area contributed by atoms with Crippen molar-refractivity contribution in [3.05, 3.63) is 0 Å². The van der Waals surface area contributed by atoms with Crippen LogP contribution in [0.25, 0.3) is 0 Å². The average molecular weight is 239 g/mol. The standard InChI is InChI=1S/C6H13N.C3H8O4S/c7-6-4-2-1-3-5-6;1-3(4)2-8(5,6)7/h6H,1-5,7H2;3-4H,2H2,1H3,(H,5,6,7). The fourth-order valence-electron chi connectivity index (χ4n) is 1.44. The number of rotatable bonds is 2. The lowest BCUT2D eigenvalue weighted by Gasteiger charge is -2.15. The van der Waals surface area contributed by atoms with E-state index in [2.05, 4.69) is 0 Å². The number of aliphatic hydroxyl groups excluding tert-OH is 1. The molecule has 6 heteroatoms. The van der Waals surface area contributed by atoms with E-state index in [1.807, 2.05) is 0 Å². The molecule has 15 heavy (non-hydrogen) atoms. The smallest absolute Gasteiger partial charge is 0.267 e. The number of nitrogens with two attached hydrogens (primary N) is 1. The van der Waals surface area contributed by atoms with E-state index in [4.69, 9.17) is 15.4 Å². The Kier molecular flexibility index (Phi) is 7.08. The first-order chi connectivity index (χ1) is 6.81. The predicted octanol–water partition coefficient (Wildman–Crippen LogP) is 0.533. The molecule has 1 unspecified atom stereocenters. The van der Waals surface area contributed by atoms with Crippen LogP contribution in [0.15, 0.2) is 0 Å². The molecule has 5 nitrogen and oxygen atoms in total. The van der Waals surface area contributed by atoms with Crippen LogP contribution in [0.2, 0.25) is 0 Å². The SMILES string of the molecule is CC(O)CS(=O)(=O)O.NC1CCCCC1. The third kappa shape index (κ3) is 11.8. The first-order valence-corrected chi connectivity index (χ1v) is 6.81. The van der Waals surface area contributed by atoms with Gasteiger partial charge in [0.1, 0.15) is 5.75 Å². The molecule has 0 aliphatic heterocycles. The molecule has 0 aromatic carbocycles. The summed E-state index contributed by atoms with van der Waals surface area (Å²) in [6, 6.07) is 0.536. The molecule has 0 amide bonds. The van der Waals surface area contributed by atoms with Crippen LogP contribution in [0.4, 0.5) is 0 Å². The maximum Gasteiger partial charge on any atom is 0.267 e. The van der Waals surface area contributed by atoms with Crippen LogP contribution in [0, 0.1) is 0 Å². The molecule has 1 aliphatic carbocycles. The van der Waals surface area contributed by atoms with Crippen molar-refractivity contribution in [3.63, 3.8) is 0 Å². The second-order valence-electron chi connectivity index (χ2n) is 4.00. The van der Waals surface area contributed by atoms with Gasteiger partial charge in [0.2, 0.25) is 0 Å². The monoisotopic (exact) mass is 239 g/mol. The molecule has 1 fully saturated rings. The summed E-state index contributed by atoms with van der Waals surface area (Å²) in [6.07, 6.45) is 5.67. The Morgan fingerprint density at radius 1 is 1.33 bits per heavy atom. The van der Waals surface area contributed by atoms with Gasteiger partial charge in [-0.3, -0.25) is 4.55 Å². The van der Waals surface area contributed by atoms with E-state index in [0.717, 1.165) is 0 Å². The largest absolute Gasteiger partial charge is 0.392 e. The van der Waals surface area contributed by atoms with Gasteiger partial charge in [0.25, 0.3) is 10.1 Å². The van der Waals surface area contributed by atoms with Crippen LogP contribution in [-0.4, -0.2) is 36.0 Å². The minimum Gasteiger partial charge on any atom is -0.392 e. The van der Waals surface area contributed by atoms with E-state index in [0.29, 0.717) is 6.04 Å². The first-order valence-electron chi connectivity index (χ1n) is 5.20. The Hall–Kier alpha value is -0.170. The highest BCUT2D eigenvalue weighted by Crippen LogP contribution is 2.14. The quantitative estimate of drug-likeness (QED) is 0.610. The van der Waals surface area contributed by atoms with Gasteiger partial charge < -0.3 is 10.8 Å². The summed E-state index contributed by atoms with van der Waals surface area (Å²) in [6.45, 7) is 1.29. The molecule has 1 aliphatic rings. The molecule has 4 N–H and O–H groups in total. The van der Waals surface area contributed by atoms with E-state index >= 15 is 0 Å². The molecular weight excluding hydrogens is 218 g/mol. The van der Waals surface area contributed by atoms with Crippen LogP contribution in [-0.2, 0) is 10.1 Å². The summed E-state index contributed by atoms with van der Waals surface area (Å²) in [5.74, 6) is -0.590. The maximum atomic E-state index is 9.84. The highest BCUT2D eigenvalue weighted by molar-refractivity contribution is 7.85. The molecule has 1 rings (SSSR count). The van der Waals surface area contributed by atoms with E-state index in [9.17, 15) is 8.42 Å². The molecule has 0 spiro atoms. The van der Waals surface area contributed by atoms with Gasteiger partial charge in [-0.25, -0.2) is 0 Å². The van der Waals surface area contributed by atoms with Crippen LogP contribution in [0.5, 0.6) is 0 Å². The van der Waals surface area contributed by atoms with Crippen molar-refractivity contribution in [1.82, 2.24) is 0 Å². The molecule has 0 heterocycles. The lowest BCUT2D eigenvalue weighted by Crippen LogP contribution is -2.22. The fourth-order valence-corrected chi connectivity index (χ4v) is 2.05. The third-order valence-corrected chi connectivity index (χ3v) is 3.01. The number of aliphatic hydroxyl groups is 1. The van der Waals surface area contributed by atoms with Gasteiger partial charge in [0.15, 0.2) is 0 Å². The molecule has 0 aromatic heterocycles. The molecule has 0 bridgehead atoms. The van der Waals surface area contributed by atoms with Crippen molar-refractivity contribution in [2.24, 2.45) is 5.73 Å². The van der Waals surface area contributed by atoms with Crippen molar-refractivity contribution >= 4 is 10.1 Å². The van der Waals surface area contributed by atoms with Crippen molar-refractivity contribution in [3.8, 4) is 0 Å². The summed E-state index contributed by atoms with van der Waals surface area (Å²) < 4.78 is 27.7. The Morgan fingerprint density at radius 3 is 1.93 bits per heavy atom. The molecular formula is C9H21NO4S. The van der Waals surface area contributed by atoms with Crippen molar-refractivity contribution in [2.45, 2.75) is 51.2 Å². The number of hydrogen-bond donors (Lipinski definition) is 3. The van der Waals surface area contributed by atoms with Crippen LogP contribution >= 0.6 is 0 Å². The third-order valence-electron chi connectivity index (χ3n) is 2.10. The van der Waals surface area contributed by atoms with Gasteiger partial charge in [-0.2, -0.15) is 8.42 Å². The topological polar surface area (TPSA) is 101 Å². The highest BCUT2D eigenvalue weighted by Gasteiger charge is 2.07. The summed E-state index contributed by atoms with van der Waals surface area (Å²) in [4.78, 5) is 0. The lowest BCUT2D eigenvalue weighted by atomic mass is 9.97. The molecule has 1 saturated carbocycles. The van der Waals surface area contributed by atoms with E-state index < -0.39 is 22.0 Å². The van der Waals surface area contributed by atoms with Gasteiger partial charge in [-0.05, 0) is 19.8 Å². The second kappa shape index (κ2) is 7.16. The summed E-state index contributed by atoms with van der Waals surface area (Å²) >= 11 is 0. The van der Waals surface area contributed by atoms with E-state index in [1.54, 1.807) is 0 Å². The highest BCUT2D eigenvalue weighted by atomic mass is 32.2. The summed E-state index contributed by atoms with van der Waals surface area (Å²) in [5, 5.41) is 8.35. The van der Waals surface area contributed by atoms with Crippen LogP contribution in [0.3, 0.4) is 0 Å². The maximum absolute atomic E-state index is 9.84. The van der Waals surface area contributed by atoms with Gasteiger partial charge in [-0.1, -0.05) is 19.3 Å². The van der Waals surface area contributed by atoms with Gasteiger partial charge in [-0.15, -0.1) is 0 Å². The lowest BCUT2D eigenvalue weighted by molar-refractivity contribution is 0.215. The van der Waals surface area contributed by atoms with Crippen molar-refractivity contribution in [1.29, 1.82) is 0 Å². The zero-order chi connectivity index (χ0) is 11.9. The Balaban J connectivity index is 0.000000262. The fraction of sp³-hybridized carbons (Fsp3) is 1.00. The second-order valence-corrected chi connectivity index (χ2v) is 5.49. The Morgan fingerprint density at radius 2 is 1.80 bits per heavy atom. The predicted molar refractivity (Wildman–Crippen MR) is 59.2 cm³/mol. The van der Waals surface area contributed by atoms with Crippen LogP contribution in [0.1, 0.15) is 39.0 Å². The first kappa shape index (κ1) is 14.8. The molecule has 92 valence electrons. The van der Waals surface area contributed by atoms with Gasteiger partial charge in [0.05, 0.1) is 6.10 Å². The van der Waals surface area contributed by atoms with Crippen LogP contribution < -0.4 is 5.73 Å². The van der Waals surface area contributed by atoms with E-state index in [1.165, 1.54) is 39.0 Å². The Labute approximate surface area is 91.4 Å². The molecule has 0 saturated heterocycles. The summed E-state index contributed by atoms with van der Waals surface area (Å²) in [5.41, 5.74) is 5.63. The van der Waals surface area contributed by atoms with Gasteiger partial charge in [0, 0.05) is 6.04 Å². The normalized spacial score (nSPS) is 20.3. The van der Waals surface area contributed by atoms with E-state index in [-0.39, 0.29) is 0 Å². The van der Waals surface area contributed by atoms with Crippen molar-refractivity contribution < 1.29 is 18.1 Å². The summed E-state index contributed by atoms with van der Waals surface area (Å²) in [7, 11) is -3.97. The molecule has 0 aromatic rings. The Bertz CT molecular complexity index is 245. The zero-order valence-corrected chi connectivity index (χ0v) is 9.91. The minimum atomic E-state index is -3.97. The molecule has 1 atom stereocenters. The van der Waals surface area contributed by atoms with Gasteiger partial charge >= 0.3 is 0 Å². The average Bonchev–Trinajstić information content (AvgIpc) is 2.01. The number of hydrogen-bond acceptors (Lipinski definition) is 4. The van der Waals surface area contributed by atoms with Crippen molar-refractivity contribution in [2.75, 3.05) is 5.75 Å². The zero-order valence-electron chi connectivity index (χ0n) is 9.09.